The second kappa shape index (κ2) is 8.80. The summed E-state index contributed by atoms with van der Waals surface area (Å²) in [6.45, 7) is 1.08. The first-order valence-electron chi connectivity index (χ1n) is 8.76. The molecule has 0 aliphatic carbocycles. The molecule has 9 nitrogen and oxygen atoms in total. The molecule has 3 rings (SSSR count). The number of hydrogen-bond donors (Lipinski definition) is 3. The Balaban J connectivity index is 1.63. The van der Waals surface area contributed by atoms with Crippen molar-refractivity contribution in [3.05, 3.63) is 72.1 Å². The maximum absolute atomic E-state index is 12.2. The number of nitrogens with zero attached hydrogens (tertiary/aromatic N) is 3. The van der Waals surface area contributed by atoms with Crippen molar-refractivity contribution in [3.8, 4) is 5.69 Å². The number of aliphatic hydroxyl groups excluding tert-OH is 3. The molecule has 0 amide bonds. The van der Waals surface area contributed by atoms with Crippen LogP contribution in [0.5, 0.6) is 0 Å². The average molecular weight is 419 g/mol. The number of aryl methyl sites for hydroxylation is 1. The largest absolute Gasteiger partial charge is 0.388 e. The first kappa shape index (κ1) is 21.1. The van der Waals surface area contributed by atoms with Gasteiger partial charge in [-0.15, -0.1) is 0 Å². The van der Waals surface area contributed by atoms with Gasteiger partial charge in [0, 0.05) is 0 Å². The molecule has 0 saturated heterocycles. The molecule has 0 aliphatic heterocycles. The third kappa shape index (κ3) is 5.05. The van der Waals surface area contributed by atoms with Crippen molar-refractivity contribution in [1.29, 1.82) is 0 Å². The SMILES string of the molecule is Cc1ccc(S(=O)(=O)OC[C@@H](O)[C@@H](O)[C@@H](O)c2cnn(-c3ccccc3)n2)cc1. The summed E-state index contributed by atoms with van der Waals surface area (Å²) in [4.78, 5) is 1.19. The zero-order valence-corrected chi connectivity index (χ0v) is 16.3. The molecule has 0 bridgehead atoms. The monoisotopic (exact) mass is 419 g/mol. The first-order valence-corrected chi connectivity index (χ1v) is 10.2. The van der Waals surface area contributed by atoms with E-state index in [9.17, 15) is 23.7 Å². The molecule has 29 heavy (non-hydrogen) atoms. The third-order valence-electron chi connectivity index (χ3n) is 4.22. The molecule has 0 aliphatic rings. The molecular weight excluding hydrogens is 398 g/mol. The van der Waals surface area contributed by atoms with E-state index in [1.807, 2.05) is 13.0 Å². The lowest BCUT2D eigenvalue weighted by molar-refractivity contribution is -0.0749. The summed E-state index contributed by atoms with van der Waals surface area (Å²) < 4.78 is 29.1. The van der Waals surface area contributed by atoms with Crippen LogP contribution in [0.4, 0.5) is 0 Å². The molecule has 1 heterocycles. The minimum absolute atomic E-state index is 0.0156. The number of aliphatic hydroxyl groups is 3. The van der Waals surface area contributed by atoms with Gasteiger partial charge >= 0.3 is 0 Å². The van der Waals surface area contributed by atoms with Gasteiger partial charge in [-0.3, -0.25) is 4.18 Å². The van der Waals surface area contributed by atoms with Crippen molar-refractivity contribution in [2.75, 3.05) is 6.61 Å². The number of rotatable bonds is 8. The fraction of sp³-hybridized carbons (Fsp3) is 0.263. The Morgan fingerprint density at radius 1 is 1.03 bits per heavy atom. The quantitative estimate of drug-likeness (QED) is 0.455. The van der Waals surface area contributed by atoms with Crippen molar-refractivity contribution in [3.63, 3.8) is 0 Å². The van der Waals surface area contributed by atoms with Crippen LogP contribution in [-0.2, 0) is 14.3 Å². The van der Waals surface area contributed by atoms with Crippen molar-refractivity contribution >= 4 is 10.1 Å². The molecule has 0 spiro atoms. The fourth-order valence-corrected chi connectivity index (χ4v) is 3.44. The van der Waals surface area contributed by atoms with Gasteiger partial charge in [-0.1, -0.05) is 35.9 Å². The van der Waals surface area contributed by atoms with Crippen LogP contribution in [-0.4, -0.2) is 57.5 Å². The van der Waals surface area contributed by atoms with E-state index in [4.69, 9.17) is 4.18 Å². The van der Waals surface area contributed by atoms with E-state index in [-0.39, 0.29) is 10.6 Å². The number of benzene rings is 2. The second-order valence-corrected chi connectivity index (χ2v) is 8.06. The maximum atomic E-state index is 12.2. The third-order valence-corrected chi connectivity index (χ3v) is 5.52. The molecule has 3 aromatic rings. The van der Waals surface area contributed by atoms with Crippen LogP contribution in [0, 0.1) is 6.92 Å². The number of hydrogen-bond acceptors (Lipinski definition) is 8. The molecule has 0 radical (unpaired) electrons. The standard InChI is InChI=1S/C19H21N3O6S/c1-13-7-9-15(10-8-13)29(26,27)28-12-17(23)19(25)18(24)16-11-20-22(21-16)14-5-3-2-4-6-14/h2-11,17-19,23-25H,12H2,1H3/t17-,18+,19-/m1/s1. The van der Waals surface area contributed by atoms with Crippen LogP contribution < -0.4 is 0 Å². The molecule has 1 aromatic heterocycles. The smallest absolute Gasteiger partial charge is 0.297 e. The van der Waals surface area contributed by atoms with Crippen molar-refractivity contribution in [2.24, 2.45) is 0 Å². The van der Waals surface area contributed by atoms with Crippen LogP contribution in [0.15, 0.2) is 65.7 Å². The molecule has 3 atom stereocenters. The Morgan fingerprint density at radius 3 is 2.34 bits per heavy atom. The van der Waals surface area contributed by atoms with E-state index in [2.05, 4.69) is 10.2 Å². The van der Waals surface area contributed by atoms with Crippen molar-refractivity contribution in [1.82, 2.24) is 15.0 Å². The number of para-hydroxylation sites is 1. The summed E-state index contributed by atoms with van der Waals surface area (Å²) in [5, 5.41) is 38.6. The topological polar surface area (TPSA) is 135 Å². The minimum atomic E-state index is -4.11. The average Bonchev–Trinajstić information content (AvgIpc) is 3.22. The van der Waals surface area contributed by atoms with Crippen LogP contribution in [0.1, 0.15) is 17.4 Å². The summed E-state index contributed by atoms with van der Waals surface area (Å²) in [7, 11) is -4.11. The van der Waals surface area contributed by atoms with E-state index in [0.717, 1.165) is 5.56 Å². The Morgan fingerprint density at radius 2 is 1.69 bits per heavy atom. The first-order chi connectivity index (χ1) is 13.8. The lowest BCUT2D eigenvalue weighted by atomic mass is 10.1. The van der Waals surface area contributed by atoms with E-state index < -0.39 is 35.0 Å². The van der Waals surface area contributed by atoms with Crippen molar-refractivity contribution in [2.45, 2.75) is 30.1 Å². The van der Waals surface area contributed by atoms with E-state index in [0.29, 0.717) is 5.69 Å². The second-order valence-electron chi connectivity index (χ2n) is 6.45. The summed E-state index contributed by atoms with van der Waals surface area (Å²) in [5.41, 5.74) is 1.54. The molecule has 3 N–H and O–H groups in total. The molecule has 0 saturated carbocycles. The molecule has 2 aromatic carbocycles. The van der Waals surface area contributed by atoms with Gasteiger partial charge in [0.05, 0.1) is 23.4 Å². The Kier molecular flexibility index (Phi) is 6.40. The van der Waals surface area contributed by atoms with Gasteiger partial charge in [-0.05, 0) is 31.2 Å². The van der Waals surface area contributed by atoms with Crippen LogP contribution in [0.2, 0.25) is 0 Å². The molecule has 154 valence electrons. The summed E-state index contributed by atoms with van der Waals surface area (Å²) >= 11 is 0. The minimum Gasteiger partial charge on any atom is -0.388 e. The Bertz CT molecular complexity index is 1040. The van der Waals surface area contributed by atoms with Crippen LogP contribution in [0.3, 0.4) is 0 Å². The van der Waals surface area contributed by atoms with Gasteiger partial charge in [-0.25, -0.2) is 0 Å². The van der Waals surface area contributed by atoms with Gasteiger partial charge in [0.2, 0.25) is 0 Å². The fourth-order valence-electron chi connectivity index (χ4n) is 2.51. The highest BCUT2D eigenvalue weighted by Crippen LogP contribution is 2.19. The maximum Gasteiger partial charge on any atom is 0.297 e. The van der Waals surface area contributed by atoms with Crippen LogP contribution in [0.25, 0.3) is 5.69 Å². The zero-order chi connectivity index (χ0) is 21.0. The van der Waals surface area contributed by atoms with Gasteiger partial charge in [0.15, 0.2) is 0 Å². The van der Waals surface area contributed by atoms with Crippen LogP contribution >= 0.6 is 0 Å². The van der Waals surface area contributed by atoms with Gasteiger partial charge in [0.25, 0.3) is 10.1 Å². The Labute approximate surface area is 167 Å². The van der Waals surface area contributed by atoms with Gasteiger partial charge in [0.1, 0.15) is 24.0 Å². The molecule has 10 heteroatoms. The number of aromatic nitrogens is 3. The highest BCUT2D eigenvalue weighted by molar-refractivity contribution is 7.86. The van der Waals surface area contributed by atoms with E-state index in [1.165, 1.54) is 23.1 Å². The van der Waals surface area contributed by atoms with Crippen molar-refractivity contribution < 1.29 is 27.9 Å². The van der Waals surface area contributed by atoms with E-state index in [1.54, 1.807) is 36.4 Å². The molecule has 0 unspecified atom stereocenters. The summed E-state index contributed by atoms with van der Waals surface area (Å²) in [6, 6.07) is 14.9. The van der Waals surface area contributed by atoms with E-state index >= 15 is 0 Å². The highest BCUT2D eigenvalue weighted by atomic mass is 32.2. The Hall–Kier alpha value is -2.63. The predicted molar refractivity (Wildman–Crippen MR) is 103 cm³/mol. The summed E-state index contributed by atoms with van der Waals surface area (Å²) in [5.74, 6) is 0. The summed E-state index contributed by atoms with van der Waals surface area (Å²) in [6.07, 6.45) is -3.75. The zero-order valence-electron chi connectivity index (χ0n) is 15.5. The normalized spacial score (nSPS) is 15.0. The lowest BCUT2D eigenvalue weighted by Gasteiger charge is -2.21. The molecule has 0 fully saturated rings. The lowest BCUT2D eigenvalue weighted by Crippen LogP contribution is -2.36. The highest BCUT2D eigenvalue weighted by Gasteiger charge is 2.30. The van der Waals surface area contributed by atoms with Gasteiger partial charge in [-0.2, -0.15) is 23.4 Å². The van der Waals surface area contributed by atoms with Gasteiger partial charge < -0.3 is 15.3 Å². The molecular formula is C19H21N3O6S. The predicted octanol–water partition coefficient (Wildman–Crippen LogP) is 0.736.